The molecule has 2 aromatic rings. The van der Waals surface area contributed by atoms with Gasteiger partial charge in [-0.2, -0.15) is 0 Å². The van der Waals surface area contributed by atoms with Crippen LogP contribution in [0.3, 0.4) is 0 Å². The van der Waals surface area contributed by atoms with Crippen LogP contribution in [0.1, 0.15) is 22.8 Å². The molecule has 1 atom stereocenters. The number of carbonyl (C=O) groups excluding carboxylic acids is 1. The maximum absolute atomic E-state index is 12.7. The number of hydrogen-bond acceptors (Lipinski definition) is 4. The molecule has 2 rings (SSSR count). The summed E-state index contributed by atoms with van der Waals surface area (Å²) in [6, 6.07) is 13.4. The van der Waals surface area contributed by atoms with Crippen LogP contribution in [0.2, 0.25) is 0 Å². The molecule has 0 spiro atoms. The largest absolute Gasteiger partial charge is 0.350 e. The van der Waals surface area contributed by atoms with Gasteiger partial charge in [-0.1, -0.05) is 17.7 Å². The van der Waals surface area contributed by atoms with Crippen molar-refractivity contribution in [2.75, 3.05) is 24.9 Å². The van der Waals surface area contributed by atoms with Crippen molar-refractivity contribution in [2.45, 2.75) is 24.8 Å². The lowest BCUT2D eigenvalue weighted by Gasteiger charge is -2.20. The molecule has 1 unspecified atom stereocenters. The van der Waals surface area contributed by atoms with E-state index >= 15 is 0 Å². The second kappa shape index (κ2) is 9.73. The van der Waals surface area contributed by atoms with E-state index in [1.54, 1.807) is 48.5 Å². The molecule has 0 aliphatic rings. The van der Waals surface area contributed by atoms with Gasteiger partial charge in [0.25, 0.3) is 15.9 Å². The molecule has 27 heavy (non-hydrogen) atoms. The summed E-state index contributed by atoms with van der Waals surface area (Å²) in [4.78, 5) is 12.4. The molecule has 148 valence electrons. The standard InChI is InChI=1S/C19H25N3O3S.ClH/c1-14-5-11-18(12-6-14)26(24,25)22(4)17-9-7-16(8-10-17)19(23)21-13-15(2)20-3;/h5-12,15,20H,13H2,1-4H3,(H,21,23);1H. The first-order valence-electron chi connectivity index (χ1n) is 8.37. The van der Waals surface area contributed by atoms with E-state index < -0.39 is 10.0 Å². The zero-order chi connectivity index (χ0) is 19.3. The molecule has 0 radical (unpaired) electrons. The molecular formula is C19H26ClN3O3S. The van der Waals surface area contributed by atoms with Gasteiger partial charge < -0.3 is 10.6 Å². The van der Waals surface area contributed by atoms with Crippen molar-refractivity contribution in [3.8, 4) is 0 Å². The summed E-state index contributed by atoms with van der Waals surface area (Å²) in [5.41, 5.74) is 1.97. The van der Waals surface area contributed by atoms with Crippen LogP contribution in [0.25, 0.3) is 0 Å². The zero-order valence-electron chi connectivity index (χ0n) is 15.9. The van der Waals surface area contributed by atoms with Gasteiger partial charge in [0.05, 0.1) is 10.6 Å². The second-order valence-electron chi connectivity index (χ2n) is 6.23. The fourth-order valence-electron chi connectivity index (χ4n) is 2.28. The quantitative estimate of drug-likeness (QED) is 0.734. The van der Waals surface area contributed by atoms with Gasteiger partial charge in [0, 0.05) is 25.2 Å². The molecule has 8 heteroatoms. The first kappa shape index (κ1) is 23.0. The van der Waals surface area contributed by atoms with E-state index in [0.717, 1.165) is 5.56 Å². The Labute approximate surface area is 167 Å². The normalized spacial score (nSPS) is 12.0. The molecule has 6 nitrogen and oxygen atoms in total. The zero-order valence-corrected chi connectivity index (χ0v) is 17.5. The highest BCUT2D eigenvalue weighted by Gasteiger charge is 2.21. The lowest BCUT2D eigenvalue weighted by molar-refractivity contribution is 0.0950. The van der Waals surface area contributed by atoms with Crippen molar-refractivity contribution in [1.29, 1.82) is 0 Å². The monoisotopic (exact) mass is 411 g/mol. The molecule has 2 N–H and O–H groups in total. The van der Waals surface area contributed by atoms with Crippen LogP contribution >= 0.6 is 12.4 Å². The third-order valence-corrected chi connectivity index (χ3v) is 6.03. The molecule has 0 saturated heterocycles. The Balaban J connectivity index is 0.00000364. The highest BCUT2D eigenvalue weighted by atomic mass is 35.5. The van der Waals surface area contributed by atoms with Crippen LogP contribution in [0.4, 0.5) is 5.69 Å². The van der Waals surface area contributed by atoms with Gasteiger partial charge >= 0.3 is 0 Å². The van der Waals surface area contributed by atoms with Gasteiger partial charge in [0.2, 0.25) is 0 Å². The highest BCUT2D eigenvalue weighted by molar-refractivity contribution is 7.92. The number of rotatable bonds is 7. The number of nitrogens with zero attached hydrogens (tertiary/aromatic N) is 1. The van der Waals surface area contributed by atoms with Crippen molar-refractivity contribution < 1.29 is 13.2 Å². The van der Waals surface area contributed by atoms with Crippen molar-refractivity contribution in [1.82, 2.24) is 10.6 Å². The van der Waals surface area contributed by atoms with E-state index in [9.17, 15) is 13.2 Å². The molecule has 1 amide bonds. The number of carbonyl (C=O) groups is 1. The summed E-state index contributed by atoms with van der Waals surface area (Å²) in [5, 5.41) is 5.87. The number of aryl methyl sites for hydroxylation is 1. The van der Waals surface area contributed by atoms with E-state index in [0.29, 0.717) is 17.8 Å². The van der Waals surface area contributed by atoms with Crippen LogP contribution in [0.15, 0.2) is 53.4 Å². The maximum Gasteiger partial charge on any atom is 0.264 e. The summed E-state index contributed by atoms with van der Waals surface area (Å²) < 4.78 is 26.6. The summed E-state index contributed by atoms with van der Waals surface area (Å²) >= 11 is 0. The highest BCUT2D eigenvalue weighted by Crippen LogP contribution is 2.22. The fraction of sp³-hybridized carbons (Fsp3) is 0.316. The summed E-state index contributed by atoms with van der Waals surface area (Å²) in [5.74, 6) is -0.192. The van der Waals surface area contributed by atoms with Gasteiger partial charge in [-0.25, -0.2) is 8.42 Å². The fourth-order valence-corrected chi connectivity index (χ4v) is 3.48. The van der Waals surface area contributed by atoms with E-state index in [2.05, 4.69) is 10.6 Å². The van der Waals surface area contributed by atoms with Crippen LogP contribution in [-0.4, -0.2) is 41.0 Å². The van der Waals surface area contributed by atoms with Gasteiger partial charge in [-0.15, -0.1) is 12.4 Å². The second-order valence-corrected chi connectivity index (χ2v) is 8.20. The first-order valence-corrected chi connectivity index (χ1v) is 9.81. The van der Waals surface area contributed by atoms with Crippen molar-refractivity contribution in [2.24, 2.45) is 0 Å². The van der Waals surface area contributed by atoms with E-state index in [-0.39, 0.29) is 29.3 Å². The number of hydrogen-bond donors (Lipinski definition) is 2. The molecule has 0 fully saturated rings. The topological polar surface area (TPSA) is 78.5 Å². The Kier molecular flexibility index (Phi) is 8.27. The predicted octanol–water partition coefficient (Wildman–Crippen LogP) is 2.58. The maximum atomic E-state index is 12.7. The molecule has 0 aromatic heterocycles. The third-order valence-electron chi connectivity index (χ3n) is 4.23. The van der Waals surface area contributed by atoms with Crippen LogP contribution in [0.5, 0.6) is 0 Å². The summed E-state index contributed by atoms with van der Waals surface area (Å²) in [6.45, 7) is 4.38. The lowest BCUT2D eigenvalue weighted by Crippen LogP contribution is -2.37. The Morgan fingerprint density at radius 2 is 1.63 bits per heavy atom. The van der Waals surface area contributed by atoms with Crippen molar-refractivity contribution in [3.05, 3.63) is 59.7 Å². The van der Waals surface area contributed by atoms with E-state index in [1.807, 2.05) is 20.9 Å². The predicted molar refractivity (Wildman–Crippen MR) is 111 cm³/mol. The van der Waals surface area contributed by atoms with Crippen molar-refractivity contribution in [3.63, 3.8) is 0 Å². The number of nitrogens with one attached hydrogen (secondary N) is 2. The number of likely N-dealkylation sites (N-methyl/N-ethyl adjacent to an activating group) is 1. The SMILES string of the molecule is CNC(C)CNC(=O)c1ccc(N(C)S(=O)(=O)c2ccc(C)cc2)cc1.Cl. The van der Waals surface area contributed by atoms with Crippen molar-refractivity contribution >= 4 is 34.0 Å². The molecule has 2 aromatic carbocycles. The van der Waals surface area contributed by atoms with Gasteiger partial charge in [0.1, 0.15) is 0 Å². The number of amides is 1. The Morgan fingerprint density at radius 3 is 2.15 bits per heavy atom. The summed E-state index contributed by atoms with van der Waals surface area (Å²) in [6.07, 6.45) is 0. The molecule has 0 bridgehead atoms. The lowest BCUT2D eigenvalue weighted by atomic mass is 10.2. The van der Waals surface area contributed by atoms with Crippen LogP contribution in [-0.2, 0) is 10.0 Å². The Morgan fingerprint density at radius 1 is 1.07 bits per heavy atom. The van der Waals surface area contributed by atoms with Gasteiger partial charge in [-0.05, 0) is 57.3 Å². The number of benzene rings is 2. The third kappa shape index (κ3) is 5.69. The first-order chi connectivity index (χ1) is 12.3. The number of halogens is 1. The average molecular weight is 412 g/mol. The summed E-state index contributed by atoms with van der Waals surface area (Å²) in [7, 11) is -0.314. The molecular weight excluding hydrogens is 386 g/mol. The van der Waals surface area contributed by atoms with Gasteiger partial charge in [-0.3, -0.25) is 9.10 Å². The average Bonchev–Trinajstić information content (AvgIpc) is 2.65. The minimum atomic E-state index is -3.64. The van der Waals surface area contributed by atoms with Crippen LogP contribution in [0, 0.1) is 6.92 Å². The van der Waals surface area contributed by atoms with E-state index in [1.165, 1.54) is 11.4 Å². The van der Waals surface area contributed by atoms with Crippen LogP contribution < -0.4 is 14.9 Å². The molecule has 0 heterocycles. The minimum Gasteiger partial charge on any atom is -0.350 e. The minimum absolute atomic E-state index is 0. The smallest absolute Gasteiger partial charge is 0.264 e. The number of anilines is 1. The van der Waals surface area contributed by atoms with Gasteiger partial charge in [0.15, 0.2) is 0 Å². The Bertz CT molecular complexity index is 853. The Hall–Kier alpha value is -2.09. The van der Waals surface area contributed by atoms with E-state index in [4.69, 9.17) is 0 Å². The number of sulfonamides is 1. The molecule has 0 saturated carbocycles. The molecule has 0 aliphatic carbocycles. The molecule has 0 aliphatic heterocycles.